The van der Waals surface area contributed by atoms with Crippen molar-refractivity contribution < 1.29 is 4.74 Å². The highest BCUT2D eigenvalue weighted by atomic mass is 79.9. The van der Waals surface area contributed by atoms with Gasteiger partial charge in [0.15, 0.2) is 0 Å². The Morgan fingerprint density at radius 2 is 2.30 bits per heavy atom. The topological polar surface area (TPSA) is 39.1 Å². The lowest BCUT2D eigenvalue weighted by atomic mass is 10.1. The van der Waals surface area contributed by atoms with Gasteiger partial charge in [-0.3, -0.25) is 4.68 Å². The van der Waals surface area contributed by atoms with Crippen molar-refractivity contribution in [3.05, 3.63) is 37.2 Å². The fourth-order valence-electron chi connectivity index (χ4n) is 2.03. The number of halogens is 2. The molecule has 1 N–H and O–H groups in total. The van der Waals surface area contributed by atoms with Crippen molar-refractivity contribution in [2.24, 2.45) is 0 Å². The molecule has 7 heteroatoms. The van der Waals surface area contributed by atoms with Crippen molar-refractivity contribution in [1.82, 2.24) is 15.1 Å². The van der Waals surface area contributed by atoms with E-state index in [0.717, 1.165) is 27.7 Å². The van der Waals surface area contributed by atoms with Crippen LogP contribution in [0.15, 0.2) is 26.6 Å². The number of aromatic nitrogens is 2. The Kier molecular flexibility index (Phi) is 6.22. The van der Waals surface area contributed by atoms with E-state index in [9.17, 15) is 0 Å². The van der Waals surface area contributed by atoms with Gasteiger partial charge in [-0.1, -0.05) is 6.92 Å². The predicted molar refractivity (Wildman–Crippen MR) is 89.3 cm³/mol. The summed E-state index contributed by atoms with van der Waals surface area (Å²) in [6.45, 7) is 4.39. The first-order valence-corrected chi connectivity index (χ1v) is 8.81. The number of nitrogens with zero attached hydrogens (tertiary/aromatic N) is 2. The SMILES string of the molecule is CCNC(c1cc(Br)cs1)c1c(Br)cnn1CCOC. The summed E-state index contributed by atoms with van der Waals surface area (Å²) in [6.07, 6.45) is 1.85. The van der Waals surface area contributed by atoms with E-state index in [1.807, 2.05) is 10.9 Å². The molecule has 0 fully saturated rings. The number of hydrogen-bond acceptors (Lipinski definition) is 4. The Hall–Kier alpha value is -0.210. The highest BCUT2D eigenvalue weighted by Crippen LogP contribution is 2.33. The molecule has 20 heavy (non-hydrogen) atoms. The first-order chi connectivity index (χ1) is 9.67. The molecule has 0 spiro atoms. The van der Waals surface area contributed by atoms with Gasteiger partial charge in [-0.05, 0) is 44.5 Å². The fraction of sp³-hybridized carbons (Fsp3) is 0.462. The number of thiophene rings is 1. The maximum Gasteiger partial charge on any atom is 0.0853 e. The lowest BCUT2D eigenvalue weighted by Gasteiger charge is -2.19. The molecule has 1 unspecified atom stereocenters. The van der Waals surface area contributed by atoms with E-state index in [-0.39, 0.29) is 6.04 Å². The zero-order chi connectivity index (χ0) is 14.5. The van der Waals surface area contributed by atoms with E-state index in [0.29, 0.717) is 6.61 Å². The van der Waals surface area contributed by atoms with Gasteiger partial charge in [0.2, 0.25) is 0 Å². The van der Waals surface area contributed by atoms with Crippen LogP contribution in [0.1, 0.15) is 23.5 Å². The third-order valence-electron chi connectivity index (χ3n) is 2.89. The van der Waals surface area contributed by atoms with Gasteiger partial charge in [0.25, 0.3) is 0 Å². The summed E-state index contributed by atoms with van der Waals surface area (Å²) < 4.78 is 9.28. The van der Waals surface area contributed by atoms with Crippen LogP contribution < -0.4 is 5.32 Å². The number of rotatable bonds is 7. The van der Waals surface area contributed by atoms with E-state index in [2.05, 4.69) is 60.6 Å². The summed E-state index contributed by atoms with van der Waals surface area (Å²) in [5.74, 6) is 0. The molecule has 0 radical (unpaired) electrons. The molecule has 0 amide bonds. The molecular formula is C13H17Br2N3OS. The Balaban J connectivity index is 2.35. The van der Waals surface area contributed by atoms with Gasteiger partial charge in [-0.2, -0.15) is 5.10 Å². The second-order valence-electron chi connectivity index (χ2n) is 4.25. The van der Waals surface area contributed by atoms with Gasteiger partial charge < -0.3 is 10.1 Å². The van der Waals surface area contributed by atoms with Crippen molar-refractivity contribution in [1.29, 1.82) is 0 Å². The molecule has 0 aliphatic heterocycles. The van der Waals surface area contributed by atoms with Gasteiger partial charge in [-0.15, -0.1) is 11.3 Å². The van der Waals surface area contributed by atoms with Crippen LogP contribution in [0, 0.1) is 0 Å². The smallest absolute Gasteiger partial charge is 0.0853 e. The van der Waals surface area contributed by atoms with Crippen molar-refractivity contribution in [3.8, 4) is 0 Å². The minimum absolute atomic E-state index is 0.130. The summed E-state index contributed by atoms with van der Waals surface area (Å²) in [7, 11) is 1.70. The van der Waals surface area contributed by atoms with Crippen LogP contribution >= 0.6 is 43.2 Å². The third-order valence-corrected chi connectivity index (χ3v) is 5.26. The third kappa shape index (κ3) is 3.71. The van der Waals surface area contributed by atoms with Gasteiger partial charge >= 0.3 is 0 Å². The molecule has 2 heterocycles. The summed E-state index contributed by atoms with van der Waals surface area (Å²) in [5, 5.41) is 10.1. The highest BCUT2D eigenvalue weighted by Gasteiger charge is 2.22. The molecule has 2 aromatic rings. The minimum Gasteiger partial charge on any atom is -0.383 e. The lowest BCUT2D eigenvalue weighted by molar-refractivity contribution is 0.182. The summed E-state index contributed by atoms with van der Waals surface area (Å²) >= 11 is 8.87. The molecule has 0 saturated heterocycles. The summed E-state index contributed by atoms with van der Waals surface area (Å²) in [4.78, 5) is 1.26. The van der Waals surface area contributed by atoms with Crippen LogP contribution in [-0.4, -0.2) is 30.0 Å². The van der Waals surface area contributed by atoms with Crippen LogP contribution in [0.3, 0.4) is 0 Å². The second kappa shape index (κ2) is 7.70. The van der Waals surface area contributed by atoms with Crippen LogP contribution in [0.25, 0.3) is 0 Å². The van der Waals surface area contributed by atoms with Crippen LogP contribution in [0.4, 0.5) is 0 Å². The zero-order valence-electron chi connectivity index (χ0n) is 11.4. The highest BCUT2D eigenvalue weighted by molar-refractivity contribution is 9.10. The van der Waals surface area contributed by atoms with Gasteiger partial charge in [0.1, 0.15) is 0 Å². The van der Waals surface area contributed by atoms with Crippen molar-refractivity contribution in [3.63, 3.8) is 0 Å². The normalized spacial score (nSPS) is 12.8. The number of nitrogens with one attached hydrogen (secondary N) is 1. The molecule has 0 bridgehead atoms. The van der Waals surface area contributed by atoms with Crippen LogP contribution in [-0.2, 0) is 11.3 Å². The molecule has 110 valence electrons. The van der Waals surface area contributed by atoms with Crippen molar-refractivity contribution in [2.45, 2.75) is 19.5 Å². The minimum atomic E-state index is 0.130. The van der Waals surface area contributed by atoms with E-state index in [1.54, 1.807) is 18.4 Å². The first kappa shape index (κ1) is 16.2. The number of ether oxygens (including phenoxy) is 1. The Morgan fingerprint density at radius 1 is 1.50 bits per heavy atom. The monoisotopic (exact) mass is 421 g/mol. The zero-order valence-corrected chi connectivity index (χ0v) is 15.4. The largest absolute Gasteiger partial charge is 0.383 e. The Bertz CT molecular complexity index is 556. The summed E-state index contributed by atoms with van der Waals surface area (Å²) in [5.41, 5.74) is 1.14. The van der Waals surface area contributed by atoms with Crippen molar-refractivity contribution >= 4 is 43.2 Å². The Morgan fingerprint density at radius 3 is 2.90 bits per heavy atom. The molecule has 2 aromatic heterocycles. The number of hydrogen-bond donors (Lipinski definition) is 1. The van der Waals surface area contributed by atoms with Crippen LogP contribution in [0.5, 0.6) is 0 Å². The fourth-order valence-corrected chi connectivity index (χ4v) is 4.08. The van der Waals surface area contributed by atoms with Gasteiger partial charge in [-0.25, -0.2) is 0 Å². The standard InChI is InChI=1S/C13H17Br2N3OS/c1-3-16-12(11-6-9(14)8-20-11)13-10(15)7-17-18(13)4-5-19-2/h6-8,12,16H,3-5H2,1-2H3. The molecule has 0 aromatic carbocycles. The van der Waals surface area contributed by atoms with E-state index < -0.39 is 0 Å². The molecule has 0 aliphatic rings. The van der Waals surface area contributed by atoms with Crippen LogP contribution in [0.2, 0.25) is 0 Å². The predicted octanol–water partition coefficient (Wildman–Crippen LogP) is 3.81. The maximum atomic E-state index is 5.16. The molecule has 4 nitrogen and oxygen atoms in total. The molecule has 0 saturated carbocycles. The Labute approximate surface area is 139 Å². The van der Waals surface area contributed by atoms with E-state index in [4.69, 9.17) is 4.74 Å². The van der Waals surface area contributed by atoms with Gasteiger partial charge in [0.05, 0.1) is 35.6 Å². The second-order valence-corrected chi connectivity index (χ2v) is 6.96. The lowest BCUT2D eigenvalue weighted by Crippen LogP contribution is -2.25. The summed E-state index contributed by atoms with van der Waals surface area (Å²) in [6, 6.07) is 2.28. The molecule has 1 atom stereocenters. The first-order valence-electron chi connectivity index (χ1n) is 6.34. The number of methoxy groups -OCH3 is 1. The molecule has 0 aliphatic carbocycles. The quantitative estimate of drug-likeness (QED) is 0.737. The van der Waals surface area contributed by atoms with Gasteiger partial charge in [0, 0.05) is 21.8 Å². The van der Waals surface area contributed by atoms with E-state index >= 15 is 0 Å². The average Bonchev–Trinajstić information content (AvgIpc) is 3.01. The molecular weight excluding hydrogens is 406 g/mol. The average molecular weight is 423 g/mol. The van der Waals surface area contributed by atoms with Crippen molar-refractivity contribution in [2.75, 3.05) is 20.3 Å². The van der Waals surface area contributed by atoms with E-state index in [1.165, 1.54) is 4.88 Å². The maximum absolute atomic E-state index is 5.16. The molecule has 2 rings (SSSR count).